The Morgan fingerprint density at radius 3 is 2.44 bits per heavy atom. The van der Waals surface area contributed by atoms with Crippen molar-refractivity contribution in [3.8, 4) is 11.5 Å². The molecule has 0 spiro atoms. The Hall–Kier alpha value is -1.45. The topological polar surface area (TPSA) is 35.2 Å². The smallest absolute Gasteiger partial charge is 0.151 e. The van der Waals surface area contributed by atoms with Gasteiger partial charge in [-0.1, -0.05) is 29.3 Å². The molecule has 0 saturated carbocycles. The van der Waals surface area contributed by atoms with Crippen molar-refractivity contribution >= 4 is 28.9 Å². The van der Waals surface area contributed by atoms with Crippen molar-refractivity contribution in [2.75, 3.05) is 5.73 Å². The molecule has 0 atom stereocenters. The molecule has 0 saturated heterocycles. The first-order chi connectivity index (χ1) is 8.47. The van der Waals surface area contributed by atoms with E-state index < -0.39 is 0 Å². The third-order valence-corrected chi connectivity index (χ3v) is 3.14. The molecule has 5 heteroatoms. The zero-order valence-corrected chi connectivity index (χ0v) is 11.0. The summed E-state index contributed by atoms with van der Waals surface area (Å²) in [6, 6.07) is 7.27. The standard InChI is InChI=1S/C13H10Cl2FNO/c1-7-2-3-8(16)4-12(7)18-13-6-10(15)9(14)5-11(13)17/h2-6H,17H2,1H3. The van der Waals surface area contributed by atoms with Gasteiger partial charge in [0.1, 0.15) is 11.6 Å². The first-order valence-electron chi connectivity index (χ1n) is 5.16. The monoisotopic (exact) mass is 285 g/mol. The van der Waals surface area contributed by atoms with E-state index in [-0.39, 0.29) is 5.82 Å². The van der Waals surface area contributed by atoms with Gasteiger partial charge in [-0.3, -0.25) is 0 Å². The molecule has 0 aromatic heterocycles. The van der Waals surface area contributed by atoms with Crippen LogP contribution in [0, 0.1) is 12.7 Å². The van der Waals surface area contributed by atoms with E-state index >= 15 is 0 Å². The largest absolute Gasteiger partial charge is 0.455 e. The van der Waals surface area contributed by atoms with E-state index in [0.717, 1.165) is 5.56 Å². The van der Waals surface area contributed by atoms with Crippen molar-refractivity contribution in [1.29, 1.82) is 0 Å². The summed E-state index contributed by atoms with van der Waals surface area (Å²) in [5.41, 5.74) is 6.90. The van der Waals surface area contributed by atoms with E-state index in [1.807, 2.05) is 6.92 Å². The molecule has 94 valence electrons. The van der Waals surface area contributed by atoms with Crippen molar-refractivity contribution in [1.82, 2.24) is 0 Å². The second-order valence-electron chi connectivity index (χ2n) is 3.82. The highest BCUT2D eigenvalue weighted by atomic mass is 35.5. The molecule has 0 fully saturated rings. The predicted molar refractivity (Wildman–Crippen MR) is 72.1 cm³/mol. The first-order valence-corrected chi connectivity index (χ1v) is 5.91. The van der Waals surface area contributed by atoms with Crippen LogP contribution in [0.5, 0.6) is 11.5 Å². The van der Waals surface area contributed by atoms with Crippen molar-refractivity contribution < 1.29 is 9.13 Å². The van der Waals surface area contributed by atoms with E-state index in [1.54, 1.807) is 6.07 Å². The van der Waals surface area contributed by atoms with Crippen molar-refractivity contribution in [3.05, 3.63) is 51.8 Å². The van der Waals surface area contributed by atoms with Gasteiger partial charge in [0.15, 0.2) is 5.75 Å². The SMILES string of the molecule is Cc1ccc(F)cc1Oc1cc(Cl)c(Cl)cc1N. The molecule has 0 aliphatic carbocycles. The molecule has 0 aliphatic heterocycles. The summed E-state index contributed by atoms with van der Waals surface area (Å²) in [6.07, 6.45) is 0. The Balaban J connectivity index is 2.40. The van der Waals surface area contributed by atoms with Gasteiger partial charge in [-0.05, 0) is 24.6 Å². The van der Waals surface area contributed by atoms with Crippen molar-refractivity contribution in [2.45, 2.75) is 6.92 Å². The third-order valence-electron chi connectivity index (χ3n) is 2.42. The Morgan fingerprint density at radius 2 is 1.72 bits per heavy atom. The van der Waals surface area contributed by atoms with Gasteiger partial charge in [0, 0.05) is 12.1 Å². The predicted octanol–water partition coefficient (Wildman–Crippen LogP) is 4.82. The molecule has 0 aliphatic rings. The second-order valence-corrected chi connectivity index (χ2v) is 4.63. The minimum Gasteiger partial charge on any atom is -0.455 e. The van der Waals surface area contributed by atoms with Crippen LogP contribution in [-0.4, -0.2) is 0 Å². The molecule has 0 amide bonds. The van der Waals surface area contributed by atoms with Crippen LogP contribution in [0.4, 0.5) is 10.1 Å². The minimum absolute atomic E-state index is 0.329. The third kappa shape index (κ3) is 2.68. The van der Waals surface area contributed by atoms with Crippen LogP contribution >= 0.6 is 23.2 Å². The number of halogens is 3. The van der Waals surface area contributed by atoms with Crippen LogP contribution in [-0.2, 0) is 0 Å². The zero-order chi connectivity index (χ0) is 13.3. The lowest BCUT2D eigenvalue weighted by Crippen LogP contribution is -1.94. The van der Waals surface area contributed by atoms with E-state index in [9.17, 15) is 4.39 Å². The first kappa shape index (κ1) is 13.0. The normalized spacial score (nSPS) is 10.4. The molecule has 0 bridgehead atoms. The average Bonchev–Trinajstić information content (AvgIpc) is 2.30. The fraction of sp³-hybridized carbons (Fsp3) is 0.0769. The number of aryl methyl sites for hydroxylation is 1. The summed E-state index contributed by atoms with van der Waals surface area (Å²) >= 11 is 11.7. The van der Waals surface area contributed by atoms with Gasteiger partial charge in [0.05, 0.1) is 15.7 Å². The highest BCUT2D eigenvalue weighted by molar-refractivity contribution is 6.42. The average molecular weight is 286 g/mol. The molecule has 2 rings (SSSR count). The molecule has 2 aromatic carbocycles. The zero-order valence-electron chi connectivity index (χ0n) is 9.51. The van der Waals surface area contributed by atoms with Crippen LogP contribution in [0.2, 0.25) is 10.0 Å². The summed E-state index contributed by atoms with van der Waals surface area (Å²) in [5, 5.41) is 0.674. The van der Waals surface area contributed by atoms with Gasteiger partial charge >= 0.3 is 0 Å². The van der Waals surface area contributed by atoms with Crippen LogP contribution in [0.3, 0.4) is 0 Å². The number of hydrogen-bond donors (Lipinski definition) is 1. The summed E-state index contributed by atoms with van der Waals surface area (Å²) in [7, 11) is 0. The molecule has 2 N–H and O–H groups in total. The number of nitrogen functional groups attached to an aromatic ring is 1. The number of rotatable bonds is 2. The number of anilines is 1. The quantitative estimate of drug-likeness (QED) is 0.803. The fourth-order valence-electron chi connectivity index (χ4n) is 1.43. The van der Waals surface area contributed by atoms with Crippen LogP contribution in [0.15, 0.2) is 30.3 Å². The lowest BCUT2D eigenvalue weighted by Gasteiger charge is -2.11. The lowest BCUT2D eigenvalue weighted by atomic mass is 10.2. The van der Waals surface area contributed by atoms with Gasteiger partial charge in [0.25, 0.3) is 0 Å². The van der Waals surface area contributed by atoms with E-state index in [0.29, 0.717) is 27.2 Å². The fourth-order valence-corrected chi connectivity index (χ4v) is 1.76. The molecule has 0 heterocycles. The van der Waals surface area contributed by atoms with Gasteiger partial charge in [0.2, 0.25) is 0 Å². The van der Waals surface area contributed by atoms with Gasteiger partial charge in [-0.15, -0.1) is 0 Å². The molecule has 0 radical (unpaired) electrons. The van der Waals surface area contributed by atoms with Gasteiger partial charge < -0.3 is 10.5 Å². The molecule has 0 unspecified atom stereocenters. The molecular formula is C13H10Cl2FNO. The molecule has 18 heavy (non-hydrogen) atoms. The minimum atomic E-state index is -0.380. The van der Waals surface area contributed by atoms with E-state index in [4.69, 9.17) is 33.7 Å². The maximum absolute atomic E-state index is 13.1. The van der Waals surface area contributed by atoms with Crippen molar-refractivity contribution in [2.24, 2.45) is 0 Å². The molecule has 2 aromatic rings. The Kier molecular flexibility index (Phi) is 3.64. The highest BCUT2D eigenvalue weighted by Gasteiger charge is 2.09. The molecular weight excluding hydrogens is 276 g/mol. The van der Waals surface area contributed by atoms with Crippen LogP contribution in [0.25, 0.3) is 0 Å². The van der Waals surface area contributed by atoms with Gasteiger partial charge in [-0.2, -0.15) is 0 Å². The highest BCUT2D eigenvalue weighted by Crippen LogP contribution is 2.36. The van der Waals surface area contributed by atoms with E-state index in [1.165, 1.54) is 24.3 Å². The van der Waals surface area contributed by atoms with Crippen LogP contribution in [0.1, 0.15) is 5.56 Å². The summed E-state index contributed by atoms with van der Waals surface area (Å²) < 4.78 is 18.7. The lowest BCUT2D eigenvalue weighted by molar-refractivity contribution is 0.475. The number of ether oxygens (including phenoxy) is 1. The molecule has 2 nitrogen and oxygen atoms in total. The number of nitrogens with two attached hydrogens (primary N) is 1. The summed E-state index contributed by atoms with van der Waals surface area (Å²) in [5.74, 6) is 0.354. The second kappa shape index (κ2) is 5.04. The van der Waals surface area contributed by atoms with Gasteiger partial charge in [-0.25, -0.2) is 4.39 Å². The Labute approximate surface area is 114 Å². The maximum atomic E-state index is 13.1. The summed E-state index contributed by atoms with van der Waals surface area (Å²) in [4.78, 5) is 0. The number of hydrogen-bond acceptors (Lipinski definition) is 2. The Bertz CT molecular complexity index is 602. The van der Waals surface area contributed by atoms with Crippen molar-refractivity contribution in [3.63, 3.8) is 0 Å². The number of benzene rings is 2. The van der Waals surface area contributed by atoms with E-state index in [2.05, 4.69) is 0 Å². The van der Waals surface area contributed by atoms with Crippen LogP contribution < -0.4 is 10.5 Å². The maximum Gasteiger partial charge on any atom is 0.151 e. The summed E-state index contributed by atoms with van der Waals surface area (Å²) in [6.45, 7) is 1.81. The Morgan fingerprint density at radius 1 is 1.06 bits per heavy atom.